The molecule has 1 fully saturated rings. The number of carbonyl (C=O) groups is 1. The van der Waals surface area contributed by atoms with Crippen LogP contribution in [0.2, 0.25) is 0 Å². The van der Waals surface area contributed by atoms with Crippen LogP contribution in [0, 0.1) is 11.8 Å². The van der Waals surface area contributed by atoms with Gasteiger partial charge in [0.15, 0.2) is 0 Å². The molecule has 0 radical (unpaired) electrons. The minimum Gasteiger partial charge on any atom is -0.464 e. The van der Waals surface area contributed by atoms with Gasteiger partial charge in [-0.25, -0.2) is 4.79 Å². The van der Waals surface area contributed by atoms with Crippen molar-refractivity contribution in [1.82, 2.24) is 0 Å². The van der Waals surface area contributed by atoms with Crippen LogP contribution in [0.3, 0.4) is 0 Å². The highest BCUT2D eigenvalue weighted by atomic mass is 16.6. The van der Waals surface area contributed by atoms with E-state index in [4.69, 9.17) is 15.2 Å². The quantitative estimate of drug-likeness (QED) is 0.698. The molecule has 4 nitrogen and oxygen atoms in total. The van der Waals surface area contributed by atoms with Gasteiger partial charge in [0, 0.05) is 0 Å². The maximum Gasteiger partial charge on any atom is 0.332 e. The molecule has 0 unspecified atom stereocenters. The summed E-state index contributed by atoms with van der Waals surface area (Å²) in [5, 5.41) is 0. The molecule has 1 saturated carbocycles. The van der Waals surface area contributed by atoms with Crippen LogP contribution in [0.25, 0.3) is 0 Å². The van der Waals surface area contributed by atoms with Crippen molar-refractivity contribution in [3.63, 3.8) is 0 Å². The second kappa shape index (κ2) is 7.63. The van der Waals surface area contributed by atoms with Gasteiger partial charge in [0.25, 0.3) is 0 Å². The van der Waals surface area contributed by atoms with E-state index in [0.29, 0.717) is 25.0 Å². The summed E-state index contributed by atoms with van der Waals surface area (Å²) in [5.74, 6) is 1.02. The first kappa shape index (κ1) is 13.5. The number of hydrogen-bond donors (Lipinski definition) is 1. The lowest BCUT2D eigenvalue weighted by Gasteiger charge is -2.27. The number of esters is 1. The minimum atomic E-state index is -0.266. The third-order valence-electron chi connectivity index (χ3n) is 3.18. The van der Waals surface area contributed by atoms with Crippen LogP contribution in [-0.2, 0) is 14.3 Å². The first-order valence-electron chi connectivity index (χ1n) is 6.19. The maximum absolute atomic E-state index is 11.0. The molecule has 1 aliphatic carbocycles. The fourth-order valence-corrected chi connectivity index (χ4v) is 2.15. The third-order valence-corrected chi connectivity index (χ3v) is 3.18. The van der Waals surface area contributed by atoms with E-state index in [1.54, 1.807) is 6.92 Å². The molecule has 0 atom stereocenters. The van der Waals surface area contributed by atoms with E-state index in [1.165, 1.54) is 25.7 Å². The molecular formula is C12H23NO3. The van der Waals surface area contributed by atoms with Crippen molar-refractivity contribution < 1.29 is 14.3 Å². The summed E-state index contributed by atoms with van der Waals surface area (Å²) in [5.41, 5.74) is 5.63. The average molecular weight is 229 g/mol. The van der Waals surface area contributed by atoms with Gasteiger partial charge in [0.2, 0.25) is 0 Å². The van der Waals surface area contributed by atoms with Gasteiger partial charge in [-0.15, -0.1) is 0 Å². The third kappa shape index (κ3) is 4.94. The van der Waals surface area contributed by atoms with Crippen molar-refractivity contribution in [2.75, 3.05) is 26.4 Å². The zero-order valence-electron chi connectivity index (χ0n) is 10.1. The molecule has 4 heteroatoms. The number of carbonyl (C=O) groups excluding carboxylic acids is 1. The number of nitrogens with two attached hydrogens (primary N) is 1. The van der Waals surface area contributed by atoms with E-state index in [2.05, 4.69) is 0 Å². The molecule has 1 aliphatic rings. The highest BCUT2D eigenvalue weighted by molar-refractivity contribution is 5.70. The number of hydrogen-bond acceptors (Lipinski definition) is 4. The zero-order chi connectivity index (χ0) is 11.8. The summed E-state index contributed by atoms with van der Waals surface area (Å²) >= 11 is 0. The van der Waals surface area contributed by atoms with Crippen LogP contribution in [-0.4, -0.2) is 32.3 Å². The van der Waals surface area contributed by atoms with Gasteiger partial charge in [0.05, 0.1) is 13.2 Å². The standard InChI is InChI=1S/C12H23NO3/c1-2-16-12(14)9-15-8-11-5-3-10(7-13)4-6-11/h10-11H,2-9,13H2,1H3/t10-,11-. The van der Waals surface area contributed by atoms with Gasteiger partial charge in [-0.2, -0.15) is 0 Å². The normalized spacial score (nSPS) is 25.4. The molecule has 0 aromatic carbocycles. The Hall–Kier alpha value is -0.610. The van der Waals surface area contributed by atoms with E-state index in [9.17, 15) is 4.79 Å². The molecule has 16 heavy (non-hydrogen) atoms. The molecule has 0 saturated heterocycles. The molecule has 0 bridgehead atoms. The van der Waals surface area contributed by atoms with Crippen LogP contribution in [0.15, 0.2) is 0 Å². The Balaban J connectivity index is 2.04. The molecule has 0 aliphatic heterocycles. The van der Waals surface area contributed by atoms with Gasteiger partial charge in [-0.05, 0) is 51.0 Å². The second-order valence-electron chi connectivity index (χ2n) is 4.44. The van der Waals surface area contributed by atoms with Crippen LogP contribution >= 0.6 is 0 Å². The summed E-state index contributed by atoms with van der Waals surface area (Å²) in [6.07, 6.45) is 4.74. The molecule has 0 spiro atoms. The molecule has 0 amide bonds. The van der Waals surface area contributed by atoms with Crippen LogP contribution in [0.4, 0.5) is 0 Å². The van der Waals surface area contributed by atoms with Gasteiger partial charge < -0.3 is 15.2 Å². The van der Waals surface area contributed by atoms with Gasteiger partial charge in [0.1, 0.15) is 6.61 Å². The van der Waals surface area contributed by atoms with E-state index >= 15 is 0 Å². The highest BCUT2D eigenvalue weighted by Gasteiger charge is 2.20. The molecular weight excluding hydrogens is 206 g/mol. The predicted octanol–water partition coefficient (Wildman–Crippen LogP) is 1.33. The monoisotopic (exact) mass is 229 g/mol. The topological polar surface area (TPSA) is 61.5 Å². The molecule has 0 heterocycles. The average Bonchev–Trinajstić information content (AvgIpc) is 2.30. The Bertz CT molecular complexity index is 200. The summed E-state index contributed by atoms with van der Waals surface area (Å²) in [6.45, 7) is 3.78. The van der Waals surface area contributed by atoms with Crippen LogP contribution in [0.1, 0.15) is 32.6 Å². The lowest BCUT2D eigenvalue weighted by molar-refractivity contribution is -0.149. The van der Waals surface area contributed by atoms with Crippen molar-refractivity contribution in [2.24, 2.45) is 17.6 Å². The highest BCUT2D eigenvalue weighted by Crippen LogP contribution is 2.28. The van der Waals surface area contributed by atoms with E-state index < -0.39 is 0 Å². The van der Waals surface area contributed by atoms with Crippen molar-refractivity contribution in [3.8, 4) is 0 Å². The predicted molar refractivity (Wildman–Crippen MR) is 62.0 cm³/mol. The molecule has 2 N–H and O–H groups in total. The second-order valence-corrected chi connectivity index (χ2v) is 4.44. The van der Waals surface area contributed by atoms with Crippen molar-refractivity contribution >= 4 is 5.97 Å². The summed E-state index contributed by atoms with van der Waals surface area (Å²) in [4.78, 5) is 11.0. The lowest BCUT2D eigenvalue weighted by Crippen LogP contribution is -2.24. The first-order chi connectivity index (χ1) is 7.76. The SMILES string of the molecule is CCOC(=O)COC[C@H]1CC[C@H](CN)CC1. The van der Waals surface area contributed by atoms with E-state index in [0.717, 1.165) is 6.54 Å². The van der Waals surface area contributed by atoms with E-state index in [1.807, 2.05) is 0 Å². The van der Waals surface area contributed by atoms with E-state index in [-0.39, 0.29) is 12.6 Å². The van der Waals surface area contributed by atoms with Crippen molar-refractivity contribution in [1.29, 1.82) is 0 Å². The Labute approximate surface area is 97.5 Å². The minimum absolute atomic E-state index is 0.0880. The smallest absolute Gasteiger partial charge is 0.332 e. The molecule has 0 aromatic heterocycles. The summed E-state index contributed by atoms with van der Waals surface area (Å²) in [6, 6.07) is 0. The number of ether oxygens (including phenoxy) is 2. The summed E-state index contributed by atoms with van der Waals surface area (Å²) < 4.78 is 10.1. The largest absolute Gasteiger partial charge is 0.464 e. The van der Waals surface area contributed by atoms with Crippen molar-refractivity contribution in [2.45, 2.75) is 32.6 Å². The Morgan fingerprint density at radius 1 is 1.25 bits per heavy atom. The Morgan fingerprint density at radius 3 is 2.44 bits per heavy atom. The van der Waals surface area contributed by atoms with Crippen LogP contribution in [0.5, 0.6) is 0 Å². The molecule has 1 rings (SSSR count). The lowest BCUT2D eigenvalue weighted by atomic mass is 9.82. The first-order valence-corrected chi connectivity index (χ1v) is 6.19. The van der Waals surface area contributed by atoms with Gasteiger partial charge >= 0.3 is 5.97 Å². The molecule has 0 aromatic rings. The maximum atomic E-state index is 11.0. The number of rotatable bonds is 6. The fraction of sp³-hybridized carbons (Fsp3) is 0.917. The van der Waals surface area contributed by atoms with Gasteiger partial charge in [-0.3, -0.25) is 0 Å². The molecule has 94 valence electrons. The van der Waals surface area contributed by atoms with Gasteiger partial charge in [-0.1, -0.05) is 0 Å². The Kier molecular flexibility index (Phi) is 6.42. The summed E-state index contributed by atoms with van der Waals surface area (Å²) in [7, 11) is 0. The van der Waals surface area contributed by atoms with Crippen molar-refractivity contribution in [3.05, 3.63) is 0 Å². The zero-order valence-corrected chi connectivity index (χ0v) is 10.1. The fourth-order valence-electron chi connectivity index (χ4n) is 2.15. The Morgan fingerprint density at radius 2 is 1.88 bits per heavy atom. The van der Waals surface area contributed by atoms with Crippen LogP contribution < -0.4 is 5.73 Å².